The molecule has 1 heterocycles. The fraction of sp³-hybridized carbons (Fsp3) is 0.464. The van der Waals surface area contributed by atoms with Crippen molar-refractivity contribution in [3.05, 3.63) is 59.7 Å². The number of benzene rings is 2. The van der Waals surface area contributed by atoms with Crippen molar-refractivity contribution in [3.8, 4) is 11.1 Å². The number of likely N-dealkylation sites (tertiary alicyclic amines) is 1. The molecular formula is C28H32N2O5. The second-order valence-corrected chi connectivity index (χ2v) is 10.2. The van der Waals surface area contributed by atoms with Gasteiger partial charge in [0.25, 0.3) is 0 Å². The van der Waals surface area contributed by atoms with Crippen molar-refractivity contribution in [2.45, 2.75) is 56.9 Å². The number of alkyl carbamates (subject to hydrolysis) is 1. The largest absolute Gasteiger partial charge is 0.481 e. The molecule has 1 spiro atoms. The number of carbonyl (C=O) groups excluding carboxylic acids is 2. The number of carboxylic acid groups (broad SMARTS) is 1. The standard InChI is InChI=1S/C28H32N2O5/c31-25(32)16-24(26(33)30-15-14-28(18-30)12-6-1-7-13-28)29-27(34)35-17-23-21-10-4-2-8-19(21)20-9-3-5-11-22(20)23/h2-5,8-11,23-24H,1,6-7,12-18H2,(H,29,34)(H,31,32). The number of rotatable bonds is 6. The van der Waals surface area contributed by atoms with Crippen LogP contribution < -0.4 is 5.32 Å². The number of carboxylic acids is 1. The van der Waals surface area contributed by atoms with E-state index >= 15 is 0 Å². The fourth-order valence-corrected chi connectivity index (χ4v) is 6.21. The summed E-state index contributed by atoms with van der Waals surface area (Å²) in [5.74, 6) is -1.57. The Labute approximate surface area is 205 Å². The van der Waals surface area contributed by atoms with Crippen LogP contribution in [0.15, 0.2) is 48.5 Å². The predicted molar refractivity (Wildman–Crippen MR) is 131 cm³/mol. The Kier molecular flexibility index (Phi) is 6.50. The van der Waals surface area contributed by atoms with Gasteiger partial charge in [0, 0.05) is 19.0 Å². The first-order chi connectivity index (χ1) is 17.0. The summed E-state index contributed by atoms with van der Waals surface area (Å²) < 4.78 is 5.56. The maximum Gasteiger partial charge on any atom is 0.407 e. The van der Waals surface area contributed by atoms with Gasteiger partial charge in [0.15, 0.2) is 0 Å². The Morgan fingerprint density at radius 3 is 2.23 bits per heavy atom. The zero-order valence-electron chi connectivity index (χ0n) is 19.9. The Balaban J connectivity index is 1.23. The summed E-state index contributed by atoms with van der Waals surface area (Å²) in [6.07, 6.45) is 5.53. The maximum atomic E-state index is 13.2. The van der Waals surface area contributed by atoms with E-state index in [4.69, 9.17) is 4.74 Å². The summed E-state index contributed by atoms with van der Waals surface area (Å²) in [7, 11) is 0. The number of fused-ring (bicyclic) bond motifs is 3. The Morgan fingerprint density at radius 1 is 0.971 bits per heavy atom. The van der Waals surface area contributed by atoms with E-state index in [1.165, 1.54) is 19.3 Å². The third-order valence-electron chi connectivity index (χ3n) is 7.98. The summed E-state index contributed by atoms with van der Waals surface area (Å²) in [5, 5.41) is 11.9. The minimum Gasteiger partial charge on any atom is -0.481 e. The molecule has 184 valence electrons. The Bertz CT molecular complexity index is 1080. The van der Waals surface area contributed by atoms with Gasteiger partial charge in [-0.2, -0.15) is 0 Å². The quantitative estimate of drug-likeness (QED) is 0.638. The van der Waals surface area contributed by atoms with Crippen LogP contribution >= 0.6 is 0 Å². The molecular weight excluding hydrogens is 444 g/mol. The van der Waals surface area contributed by atoms with Crippen molar-refractivity contribution in [1.82, 2.24) is 10.2 Å². The van der Waals surface area contributed by atoms with Crippen LogP contribution in [0.5, 0.6) is 0 Å². The van der Waals surface area contributed by atoms with Crippen LogP contribution in [-0.2, 0) is 14.3 Å². The summed E-state index contributed by atoms with van der Waals surface area (Å²) >= 11 is 0. The molecule has 3 aliphatic rings. The molecule has 2 N–H and O–H groups in total. The van der Waals surface area contributed by atoms with E-state index in [1.54, 1.807) is 4.90 Å². The average Bonchev–Trinajstić information content (AvgIpc) is 3.41. The Hall–Kier alpha value is -3.35. The predicted octanol–water partition coefficient (Wildman–Crippen LogP) is 4.55. The van der Waals surface area contributed by atoms with E-state index < -0.39 is 24.5 Å². The van der Waals surface area contributed by atoms with Crippen molar-refractivity contribution < 1.29 is 24.2 Å². The van der Waals surface area contributed by atoms with Gasteiger partial charge in [-0.3, -0.25) is 9.59 Å². The van der Waals surface area contributed by atoms with Crippen LogP contribution in [-0.4, -0.2) is 53.7 Å². The lowest BCUT2D eigenvalue weighted by atomic mass is 9.73. The number of nitrogens with zero attached hydrogens (tertiary/aromatic N) is 1. The van der Waals surface area contributed by atoms with Crippen molar-refractivity contribution in [2.75, 3.05) is 19.7 Å². The molecule has 2 aromatic carbocycles. The van der Waals surface area contributed by atoms with Crippen LogP contribution in [0.25, 0.3) is 11.1 Å². The second kappa shape index (κ2) is 9.72. The smallest absolute Gasteiger partial charge is 0.407 e. The third-order valence-corrected chi connectivity index (χ3v) is 7.98. The number of hydrogen-bond donors (Lipinski definition) is 2. The third kappa shape index (κ3) is 4.77. The van der Waals surface area contributed by atoms with E-state index in [2.05, 4.69) is 17.4 Å². The molecule has 7 nitrogen and oxygen atoms in total. The molecule has 2 aromatic rings. The van der Waals surface area contributed by atoms with E-state index in [1.807, 2.05) is 36.4 Å². The van der Waals surface area contributed by atoms with Gasteiger partial charge < -0.3 is 20.1 Å². The monoisotopic (exact) mass is 476 g/mol. The van der Waals surface area contributed by atoms with Crippen LogP contribution in [0.1, 0.15) is 62.0 Å². The molecule has 1 saturated heterocycles. The SMILES string of the molecule is O=C(O)CC(NC(=O)OCC1c2ccccc2-c2ccccc21)C(=O)N1CCC2(CCCCC2)C1. The van der Waals surface area contributed by atoms with E-state index in [0.29, 0.717) is 13.1 Å². The number of ether oxygens (including phenoxy) is 1. The van der Waals surface area contributed by atoms with Crippen molar-refractivity contribution in [2.24, 2.45) is 5.41 Å². The number of hydrogen-bond acceptors (Lipinski definition) is 4. The molecule has 1 unspecified atom stereocenters. The van der Waals surface area contributed by atoms with Gasteiger partial charge in [0.2, 0.25) is 5.91 Å². The van der Waals surface area contributed by atoms with Gasteiger partial charge in [-0.05, 0) is 46.9 Å². The number of carbonyl (C=O) groups is 3. The first-order valence-electron chi connectivity index (χ1n) is 12.6. The molecule has 1 aliphatic heterocycles. The molecule has 1 saturated carbocycles. The summed E-state index contributed by atoms with van der Waals surface area (Å²) in [6, 6.07) is 15.0. The molecule has 7 heteroatoms. The van der Waals surface area contributed by atoms with Crippen molar-refractivity contribution in [1.29, 1.82) is 0 Å². The lowest BCUT2D eigenvalue weighted by Gasteiger charge is -2.33. The topological polar surface area (TPSA) is 95.9 Å². The number of aliphatic carboxylic acids is 1. The van der Waals surface area contributed by atoms with E-state index in [9.17, 15) is 19.5 Å². The van der Waals surface area contributed by atoms with Gasteiger partial charge in [-0.1, -0.05) is 67.8 Å². The zero-order valence-corrected chi connectivity index (χ0v) is 19.9. The molecule has 0 bridgehead atoms. The number of amides is 2. The molecule has 2 aliphatic carbocycles. The lowest BCUT2D eigenvalue weighted by Crippen LogP contribution is -2.49. The highest BCUT2D eigenvalue weighted by atomic mass is 16.5. The highest BCUT2D eigenvalue weighted by molar-refractivity contribution is 5.89. The first kappa shape index (κ1) is 23.4. The molecule has 0 radical (unpaired) electrons. The number of nitrogens with one attached hydrogen (secondary N) is 1. The van der Waals surface area contributed by atoms with Gasteiger partial charge in [-0.15, -0.1) is 0 Å². The molecule has 1 atom stereocenters. The van der Waals surface area contributed by atoms with Gasteiger partial charge >= 0.3 is 12.1 Å². The summed E-state index contributed by atoms with van der Waals surface area (Å²) in [5.41, 5.74) is 4.60. The lowest BCUT2D eigenvalue weighted by molar-refractivity contribution is -0.142. The second-order valence-electron chi connectivity index (χ2n) is 10.2. The van der Waals surface area contributed by atoms with Gasteiger partial charge in [0.05, 0.1) is 6.42 Å². The molecule has 2 amide bonds. The normalized spacial score (nSPS) is 19.1. The van der Waals surface area contributed by atoms with Gasteiger partial charge in [-0.25, -0.2) is 4.79 Å². The first-order valence-corrected chi connectivity index (χ1v) is 12.6. The van der Waals surface area contributed by atoms with Crippen LogP contribution in [0.4, 0.5) is 4.79 Å². The van der Waals surface area contributed by atoms with Crippen molar-refractivity contribution >= 4 is 18.0 Å². The molecule has 35 heavy (non-hydrogen) atoms. The summed E-state index contributed by atoms with van der Waals surface area (Å²) in [4.78, 5) is 39.2. The van der Waals surface area contributed by atoms with Crippen LogP contribution in [0.3, 0.4) is 0 Å². The minimum atomic E-state index is -1.14. The van der Waals surface area contributed by atoms with Crippen LogP contribution in [0, 0.1) is 5.41 Å². The minimum absolute atomic E-state index is 0.105. The molecule has 0 aromatic heterocycles. The maximum absolute atomic E-state index is 13.2. The molecule has 2 fully saturated rings. The Morgan fingerprint density at radius 2 is 1.60 bits per heavy atom. The molecule has 5 rings (SSSR count). The average molecular weight is 477 g/mol. The summed E-state index contributed by atoms with van der Waals surface area (Å²) in [6.45, 7) is 1.37. The van der Waals surface area contributed by atoms with Gasteiger partial charge in [0.1, 0.15) is 12.6 Å². The van der Waals surface area contributed by atoms with E-state index in [0.717, 1.165) is 41.5 Å². The van der Waals surface area contributed by atoms with E-state index in [-0.39, 0.29) is 23.8 Å². The van der Waals surface area contributed by atoms with Crippen molar-refractivity contribution in [3.63, 3.8) is 0 Å². The fourth-order valence-electron chi connectivity index (χ4n) is 6.21. The zero-order chi connectivity index (χ0) is 24.4. The highest BCUT2D eigenvalue weighted by Crippen LogP contribution is 2.45. The van der Waals surface area contributed by atoms with Crippen LogP contribution in [0.2, 0.25) is 0 Å². The highest BCUT2D eigenvalue weighted by Gasteiger charge is 2.42.